The van der Waals surface area contributed by atoms with Crippen LogP contribution in [-0.2, 0) is 5.92 Å². The number of ether oxygens (including phenoxy) is 1. The van der Waals surface area contributed by atoms with Crippen molar-refractivity contribution >= 4 is 23.2 Å². The predicted molar refractivity (Wildman–Crippen MR) is 121 cm³/mol. The van der Waals surface area contributed by atoms with Crippen LogP contribution >= 0.6 is 23.2 Å². The first kappa shape index (κ1) is 29.0. The maximum Gasteiger partial charge on any atom is 0.458 e. The lowest BCUT2D eigenvalue weighted by Crippen LogP contribution is -2.40. The molecule has 0 spiro atoms. The summed E-state index contributed by atoms with van der Waals surface area (Å²) in [7, 11) is 0. The maximum atomic E-state index is 14.0. The van der Waals surface area contributed by atoms with Gasteiger partial charge in [-0.25, -0.2) is 0 Å². The second-order valence-corrected chi connectivity index (χ2v) is 8.61. The zero-order chi connectivity index (χ0) is 27.6. The first-order valence-corrected chi connectivity index (χ1v) is 11.1. The van der Waals surface area contributed by atoms with E-state index in [0.717, 1.165) is 12.1 Å². The van der Waals surface area contributed by atoms with Gasteiger partial charge in [0.25, 0.3) is 0 Å². The Morgan fingerprint density at radius 2 is 1.41 bits per heavy atom. The summed E-state index contributed by atoms with van der Waals surface area (Å²) >= 11 is 12.1. The SMILES string of the molecule is OC(CNC(c1cccc(Oc2cccc(Cl)c2Cl)c1)c1cccc(C(F)(F)C(F)(F)F)c1)C(F)(F)F. The normalized spacial score (nSPS) is 14.4. The summed E-state index contributed by atoms with van der Waals surface area (Å²) in [6, 6.07) is 11.9. The molecule has 200 valence electrons. The minimum atomic E-state index is -5.90. The van der Waals surface area contributed by atoms with Gasteiger partial charge in [0.15, 0.2) is 6.10 Å². The van der Waals surface area contributed by atoms with Crippen molar-refractivity contribution in [3.8, 4) is 11.5 Å². The van der Waals surface area contributed by atoms with Crippen LogP contribution in [0.1, 0.15) is 22.7 Å². The third kappa shape index (κ3) is 6.84. The van der Waals surface area contributed by atoms with E-state index in [1.54, 1.807) is 6.07 Å². The molecule has 0 aliphatic carbocycles. The first-order chi connectivity index (χ1) is 17.1. The highest BCUT2D eigenvalue weighted by molar-refractivity contribution is 6.42. The lowest BCUT2D eigenvalue weighted by molar-refractivity contribution is -0.289. The van der Waals surface area contributed by atoms with Crippen LogP contribution < -0.4 is 10.1 Å². The van der Waals surface area contributed by atoms with Gasteiger partial charge in [0, 0.05) is 12.1 Å². The molecule has 0 aromatic heterocycles. The third-order valence-corrected chi connectivity index (χ3v) is 5.97. The van der Waals surface area contributed by atoms with Gasteiger partial charge in [-0.2, -0.15) is 35.1 Å². The Bertz CT molecular complexity index is 1230. The van der Waals surface area contributed by atoms with E-state index >= 15 is 0 Å². The predicted octanol–water partition coefficient (Wildman–Crippen LogP) is 8.04. The molecule has 0 saturated carbocycles. The molecular formula is C24H17Cl2F8NO2. The van der Waals surface area contributed by atoms with Gasteiger partial charge >= 0.3 is 18.3 Å². The van der Waals surface area contributed by atoms with E-state index in [0.29, 0.717) is 12.1 Å². The average Bonchev–Trinajstić information content (AvgIpc) is 2.81. The summed E-state index contributed by atoms with van der Waals surface area (Å²) in [5, 5.41) is 12.1. The highest BCUT2D eigenvalue weighted by atomic mass is 35.5. The number of aliphatic hydroxyl groups is 1. The topological polar surface area (TPSA) is 41.5 Å². The van der Waals surface area contributed by atoms with Crippen molar-refractivity contribution in [2.24, 2.45) is 0 Å². The van der Waals surface area contributed by atoms with Gasteiger partial charge in [-0.05, 0) is 41.5 Å². The minimum Gasteiger partial charge on any atom is -0.456 e. The molecule has 3 aromatic carbocycles. The molecule has 3 nitrogen and oxygen atoms in total. The van der Waals surface area contributed by atoms with Crippen LogP contribution in [0.5, 0.6) is 11.5 Å². The van der Waals surface area contributed by atoms with Crippen molar-refractivity contribution < 1.29 is 45.0 Å². The zero-order valence-electron chi connectivity index (χ0n) is 18.3. The molecule has 13 heteroatoms. The standard InChI is InChI=1S/C24H17Cl2F8NO2/c25-17-8-3-9-18(20(17)26)37-16-7-2-5-14(11-16)21(35-12-19(36)23(29,30)31)13-4-1-6-15(10-13)22(27,28)24(32,33)34/h1-11,19,21,35-36H,12H2. The van der Waals surface area contributed by atoms with Gasteiger partial charge in [0.05, 0.1) is 11.1 Å². The number of alkyl halides is 8. The number of aliphatic hydroxyl groups excluding tert-OH is 1. The van der Waals surface area contributed by atoms with Gasteiger partial charge < -0.3 is 15.2 Å². The molecule has 0 heterocycles. The van der Waals surface area contributed by atoms with Crippen LogP contribution in [0.25, 0.3) is 0 Å². The van der Waals surface area contributed by atoms with Crippen molar-refractivity contribution in [3.63, 3.8) is 0 Å². The second-order valence-electron chi connectivity index (χ2n) is 7.82. The Morgan fingerprint density at radius 3 is 2.03 bits per heavy atom. The number of hydrogen-bond donors (Lipinski definition) is 2. The number of benzene rings is 3. The van der Waals surface area contributed by atoms with Crippen LogP contribution in [-0.4, -0.2) is 30.1 Å². The third-order valence-electron chi connectivity index (χ3n) is 5.17. The Hall–Kier alpha value is -2.60. The van der Waals surface area contributed by atoms with Crippen molar-refractivity contribution in [1.29, 1.82) is 0 Å². The lowest BCUT2D eigenvalue weighted by atomic mass is 9.95. The van der Waals surface area contributed by atoms with Crippen LogP contribution in [0.4, 0.5) is 35.1 Å². The molecule has 2 unspecified atom stereocenters. The van der Waals surface area contributed by atoms with E-state index < -0.39 is 42.5 Å². The van der Waals surface area contributed by atoms with Crippen molar-refractivity contribution in [2.45, 2.75) is 30.4 Å². The Balaban J connectivity index is 2.02. The Kier molecular flexibility index (Phi) is 8.63. The lowest BCUT2D eigenvalue weighted by Gasteiger charge is -2.25. The van der Waals surface area contributed by atoms with E-state index in [1.807, 2.05) is 0 Å². The summed E-state index contributed by atoms with van der Waals surface area (Å²) in [6.45, 7) is -1.08. The molecule has 0 bridgehead atoms. The van der Waals surface area contributed by atoms with Gasteiger partial charge in [-0.3, -0.25) is 0 Å². The monoisotopic (exact) mass is 573 g/mol. The average molecular weight is 574 g/mol. The van der Waals surface area contributed by atoms with Crippen molar-refractivity contribution in [1.82, 2.24) is 5.32 Å². The van der Waals surface area contributed by atoms with Gasteiger partial charge in [0.1, 0.15) is 16.5 Å². The van der Waals surface area contributed by atoms with Crippen LogP contribution in [0.15, 0.2) is 66.7 Å². The molecule has 0 radical (unpaired) electrons. The smallest absolute Gasteiger partial charge is 0.456 e. The molecule has 3 rings (SSSR count). The number of hydrogen-bond acceptors (Lipinski definition) is 3. The van der Waals surface area contributed by atoms with Gasteiger partial charge in [-0.1, -0.05) is 59.6 Å². The molecule has 2 atom stereocenters. The van der Waals surface area contributed by atoms with E-state index in [4.69, 9.17) is 27.9 Å². The van der Waals surface area contributed by atoms with E-state index in [2.05, 4.69) is 5.32 Å². The van der Waals surface area contributed by atoms with Crippen LogP contribution in [0.2, 0.25) is 10.0 Å². The largest absolute Gasteiger partial charge is 0.458 e. The highest BCUT2D eigenvalue weighted by Crippen LogP contribution is 2.44. The van der Waals surface area contributed by atoms with E-state index in [-0.39, 0.29) is 32.7 Å². The van der Waals surface area contributed by atoms with Crippen LogP contribution in [0, 0.1) is 0 Å². The highest BCUT2D eigenvalue weighted by Gasteiger charge is 2.58. The fraction of sp³-hybridized carbons (Fsp3) is 0.250. The number of halogens is 10. The van der Waals surface area contributed by atoms with Gasteiger partial charge in [0.2, 0.25) is 0 Å². The van der Waals surface area contributed by atoms with E-state index in [9.17, 15) is 40.2 Å². The molecular weight excluding hydrogens is 557 g/mol. The Labute approximate surface area is 215 Å². The molecule has 37 heavy (non-hydrogen) atoms. The summed E-state index contributed by atoms with van der Waals surface area (Å²) in [5.74, 6) is -4.97. The number of nitrogens with one attached hydrogen (secondary N) is 1. The quantitative estimate of drug-likeness (QED) is 0.268. The fourth-order valence-corrected chi connectivity index (χ4v) is 3.63. The first-order valence-electron chi connectivity index (χ1n) is 10.4. The summed E-state index contributed by atoms with van der Waals surface area (Å²) < 4.78 is 111. The summed E-state index contributed by atoms with van der Waals surface area (Å²) in [5.41, 5.74) is -1.48. The maximum absolute atomic E-state index is 14.0. The fourth-order valence-electron chi connectivity index (χ4n) is 3.30. The molecule has 0 aliphatic heterocycles. The molecule has 2 N–H and O–H groups in total. The van der Waals surface area contributed by atoms with Crippen molar-refractivity contribution in [3.05, 3.63) is 93.5 Å². The molecule has 0 aliphatic rings. The summed E-state index contributed by atoms with van der Waals surface area (Å²) in [4.78, 5) is 0. The zero-order valence-corrected chi connectivity index (χ0v) is 19.9. The molecule has 0 saturated heterocycles. The van der Waals surface area contributed by atoms with Crippen molar-refractivity contribution in [2.75, 3.05) is 6.54 Å². The molecule has 3 aromatic rings. The second kappa shape index (κ2) is 11.0. The summed E-state index contributed by atoms with van der Waals surface area (Å²) in [6.07, 6.45) is -13.7. The minimum absolute atomic E-state index is 0.0691. The van der Waals surface area contributed by atoms with Gasteiger partial charge in [-0.15, -0.1) is 0 Å². The van der Waals surface area contributed by atoms with E-state index in [1.165, 1.54) is 36.4 Å². The molecule has 0 amide bonds. The Morgan fingerprint density at radius 1 is 0.811 bits per heavy atom. The van der Waals surface area contributed by atoms with Crippen LogP contribution in [0.3, 0.4) is 0 Å². The number of rotatable bonds is 8. The molecule has 0 fully saturated rings.